The minimum atomic E-state index is -0.491. The van der Waals surface area contributed by atoms with E-state index in [2.05, 4.69) is 26.1 Å². The average Bonchev–Trinajstić information content (AvgIpc) is 2.57. The van der Waals surface area contributed by atoms with Crippen molar-refractivity contribution in [3.05, 3.63) is 33.2 Å². The molecule has 0 aliphatic carbocycles. The topological polar surface area (TPSA) is 83.9 Å². The predicted octanol–water partition coefficient (Wildman–Crippen LogP) is 1.28. The van der Waals surface area contributed by atoms with E-state index in [0.29, 0.717) is 26.2 Å². The molecule has 0 bridgehead atoms. The van der Waals surface area contributed by atoms with Gasteiger partial charge in [-0.2, -0.15) is 0 Å². The molecule has 8 nitrogen and oxygen atoms in total. The molecule has 1 aliphatic rings. The molecule has 0 aromatic carbocycles. The van der Waals surface area contributed by atoms with E-state index in [1.807, 2.05) is 20.8 Å². The summed E-state index contributed by atoms with van der Waals surface area (Å²) in [4.78, 5) is 39.7. The maximum atomic E-state index is 12.0. The Labute approximate surface area is 167 Å². The molecule has 1 aromatic heterocycles. The molecular formula is C18H27BrN4O4. The lowest BCUT2D eigenvalue weighted by Gasteiger charge is -2.35. The molecule has 1 fully saturated rings. The third kappa shape index (κ3) is 7.34. The van der Waals surface area contributed by atoms with Crippen LogP contribution in [-0.2, 0) is 16.1 Å². The van der Waals surface area contributed by atoms with Gasteiger partial charge in [0.25, 0.3) is 5.56 Å². The second kappa shape index (κ2) is 9.36. The Kier molecular flexibility index (Phi) is 7.43. The molecule has 0 unspecified atom stereocenters. The van der Waals surface area contributed by atoms with Crippen LogP contribution >= 0.6 is 15.9 Å². The average molecular weight is 443 g/mol. The highest BCUT2D eigenvalue weighted by Gasteiger charge is 2.25. The van der Waals surface area contributed by atoms with Crippen LogP contribution in [0.2, 0.25) is 0 Å². The largest absolute Gasteiger partial charge is 0.444 e. The van der Waals surface area contributed by atoms with Crippen LogP contribution in [0.4, 0.5) is 4.79 Å². The number of ether oxygens (including phenoxy) is 1. The van der Waals surface area contributed by atoms with E-state index in [9.17, 15) is 14.4 Å². The van der Waals surface area contributed by atoms with Crippen LogP contribution in [0.25, 0.3) is 0 Å². The summed E-state index contributed by atoms with van der Waals surface area (Å²) in [6.07, 6.45) is 1.31. The third-order valence-corrected chi connectivity index (χ3v) is 4.50. The minimum Gasteiger partial charge on any atom is -0.444 e. The molecule has 1 aromatic rings. The van der Waals surface area contributed by atoms with Crippen molar-refractivity contribution in [2.45, 2.75) is 32.9 Å². The number of rotatable bonds is 5. The molecule has 9 heteroatoms. The highest BCUT2D eigenvalue weighted by Crippen LogP contribution is 2.11. The van der Waals surface area contributed by atoms with E-state index >= 15 is 0 Å². The van der Waals surface area contributed by atoms with Gasteiger partial charge >= 0.3 is 6.09 Å². The van der Waals surface area contributed by atoms with Gasteiger partial charge in [-0.15, -0.1) is 0 Å². The molecule has 27 heavy (non-hydrogen) atoms. The number of carbonyl (C=O) groups excluding carboxylic acids is 2. The van der Waals surface area contributed by atoms with Gasteiger partial charge in [0.15, 0.2) is 0 Å². The second-order valence-electron chi connectivity index (χ2n) is 7.47. The van der Waals surface area contributed by atoms with Gasteiger partial charge in [0.05, 0.1) is 0 Å². The molecule has 150 valence electrons. The summed E-state index contributed by atoms with van der Waals surface area (Å²) in [5.41, 5.74) is -0.707. The van der Waals surface area contributed by atoms with E-state index in [-0.39, 0.29) is 24.1 Å². The Morgan fingerprint density at radius 3 is 2.48 bits per heavy atom. The lowest BCUT2D eigenvalue weighted by atomic mass is 10.2. The molecule has 1 saturated heterocycles. The number of halogens is 1. The molecule has 2 amide bonds. The predicted molar refractivity (Wildman–Crippen MR) is 106 cm³/mol. The van der Waals surface area contributed by atoms with Crippen molar-refractivity contribution in [2.24, 2.45) is 0 Å². The van der Waals surface area contributed by atoms with E-state index < -0.39 is 5.60 Å². The quantitative estimate of drug-likeness (QED) is 0.742. The van der Waals surface area contributed by atoms with E-state index in [0.717, 1.165) is 17.6 Å². The summed E-state index contributed by atoms with van der Waals surface area (Å²) in [5, 5.41) is 2.83. The number of nitrogens with one attached hydrogen (secondary N) is 1. The second-order valence-corrected chi connectivity index (χ2v) is 8.39. The maximum Gasteiger partial charge on any atom is 0.410 e. The smallest absolute Gasteiger partial charge is 0.410 e. The van der Waals surface area contributed by atoms with Crippen molar-refractivity contribution < 1.29 is 14.3 Å². The Bertz CT molecular complexity index is 721. The van der Waals surface area contributed by atoms with Gasteiger partial charge < -0.3 is 19.5 Å². The van der Waals surface area contributed by atoms with Gasteiger partial charge in [0.2, 0.25) is 5.91 Å². The van der Waals surface area contributed by atoms with Crippen LogP contribution < -0.4 is 10.9 Å². The van der Waals surface area contributed by atoms with Gasteiger partial charge in [-0.1, -0.05) is 0 Å². The number of hydrogen-bond donors (Lipinski definition) is 1. The molecule has 1 N–H and O–H groups in total. The van der Waals surface area contributed by atoms with Crippen LogP contribution in [-0.4, -0.2) is 71.2 Å². The number of piperazine rings is 1. The summed E-state index contributed by atoms with van der Waals surface area (Å²) in [6, 6.07) is 3.06. The first kappa shape index (κ1) is 21.4. The molecule has 0 saturated carbocycles. The molecule has 2 heterocycles. The number of hydrogen-bond acceptors (Lipinski definition) is 5. The number of pyridine rings is 1. The molecule has 2 rings (SSSR count). The Balaban J connectivity index is 1.68. The van der Waals surface area contributed by atoms with Crippen LogP contribution in [0.5, 0.6) is 0 Å². The van der Waals surface area contributed by atoms with Crippen LogP contribution in [0.3, 0.4) is 0 Å². The third-order valence-electron chi connectivity index (χ3n) is 4.04. The summed E-state index contributed by atoms with van der Waals surface area (Å²) in [5.74, 6) is -0.206. The summed E-state index contributed by atoms with van der Waals surface area (Å²) in [7, 11) is 0. The first-order chi connectivity index (χ1) is 12.6. The monoisotopic (exact) mass is 442 g/mol. The first-order valence-electron chi connectivity index (χ1n) is 8.97. The fraction of sp³-hybridized carbons (Fsp3) is 0.611. The van der Waals surface area contributed by atoms with Crippen molar-refractivity contribution in [3.8, 4) is 0 Å². The van der Waals surface area contributed by atoms with Crippen LogP contribution in [0.15, 0.2) is 27.6 Å². The Morgan fingerprint density at radius 1 is 1.19 bits per heavy atom. The van der Waals surface area contributed by atoms with Gasteiger partial charge in [-0.3, -0.25) is 14.5 Å². The normalized spacial score (nSPS) is 15.5. The number of carbonyl (C=O) groups is 2. The maximum absolute atomic E-state index is 12.0. The first-order valence-corrected chi connectivity index (χ1v) is 9.76. The zero-order valence-corrected chi connectivity index (χ0v) is 17.6. The Morgan fingerprint density at radius 2 is 1.85 bits per heavy atom. The minimum absolute atomic E-state index is 0.00923. The molecule has 0 spiro atoms. The molecular weight excluding hydrogens is 416 g/mol. The highest BCUT2D eigenvalue weighted by molar-refractivity contribution is 9.10. The van der Waals surface area contributed by atoms with Crippen molar-refractivity contribution in [3.63, 3.8) is 0 Å². The zero-order chi connectivity index (χ0) is 20.0. The van der Waals surface area contributed by atoms with E-state index in [4.69, 9.17) is 4.74 Å². The summed E-state index contributed by atoms with van der Waals surface area (Å²) < 4.78 is 7.49. The van der Waals surface area contributed by atoms with Crippen molar-refractivity contribution in [1.29, 1.82) is 0 Å². The van der Waals surface area contributed by atoms with Gasteiger partial charge in [-0.25, -0.2) is 4.79 Å². The standard InChI is InChI=1S/C18H27BrN4O4/c1-18(2,3)27-17(26)22-10-8-21(9-11-22)7-6-20-15(24)13-23-12-14(19)4-5-16(23)25/h4-5,12H,6-11,13H2,1-3H3,(H,20,24). The van der Waals surface area contributed by atoms with Crippen LogP contribution in [0.1, 0.15) is 20.8 Å². The van der Waals surface area contributed by atoms with Gasteiger partial charge in [-0.05, 0) is 42.8 Å². The zero-order valence-electron chi connectivity index (χ0n) is 16.0. The number of aromatic nitrogens is 1. The van der Waals surface area contributed by atoms with Crippen molar-refractivity contribution in [2.75, 3.05) is 39.3 Å². The van der Waals surface area contributed by atoms with Gasteiger partial charge in [0.1, 0.15) is 12.1 Å². The van der Waals surface area contributed by atoms with E-state index in [1.54, 1.807) is 17.2 Å². The lowest BCUT2D eigenvalue weighted by Crippen LogP contribution is -2.51. The van der Waals surface area contributed by atoms with E-state index in [1.165, 1.54) is 10.6 Å². The van der Waals surface area contributed by atoms with Crippen LogP contribution in [0, 0.1) is 0 Å². The summed E-state index contributed by atoms with van der Waals surface area (Å²) in [6.45, 7) is 9.43. The summed E-state index contributed by atoms with van der Waals surface area (Å²) >= 11 is 3.29. The van der Waals surface area contributed by atoms with Crippen molar-refractivity contribution >= 4 is 27.9 Å². The van der Waals surface area contributed by atoms with Crippen molar-refractivity contribution in [1.82, 2.24) is 19.7 Å². The molecule has 1 aliphatic heterocycles. The SMILES string of the molecule is CC(C)(C)OC(=O)N1CCN(CCNC(=O)Cn2cc(Br)ccc2=O)CC1. The Hall–Kier alpha value is -1.87. The fourth-order valence-electron chi connectivity index (χ4n) is 2.67. The highest BCUT2D eigenvalue weighted by atomic mass is 79.9. The number of amides is 2. The molecule has 0 radical (unpaired) electrons. The lowest BCUT2D eigenvalue weighted by molar-refractivity contribution is -0.121. The molecule has 0 atom stereocenters. The number of nitrogens with zero attached hydrogens (tertiary/aromatic N) is 3. The fourth-order valence-corrected chi connectivity index (χ4v) is 3.05. The van der Waals surface area contributed by atoms with Gasteiger partial charge in [0, 0.05) is 56.0 Å².